The molecule has 0 saturated carbocycles. The molecule has 0 heterocycles. The van der Waals surface area contributed by atoms with Crippen molar-refractivity contribution in [2.75, 3.05) is 11.1 Å². The zero-order valence-electron chi connectivity index (χ0n) is 10.7. The summed E-state index contributed by atoms with van der Waals surface area (Å²) in [6.07, 6.45) is 0. The van der Waals surface area contributed by atoms with Gasteiger partial charge in [-0.25, -0.2) is 8.42 Å². The quantitative estimate of drug-likeness (QED) is 0.449. The molecule has 7 heteroatoms. The van der Waals surface area contributed by atoms with Crippen LogP contribution in [0.1, 0.15) is 13.8 Å². The fourth-order valence-electron chi connectivity index (χ4n) is 1.66. The Morgan fingerprint density at radius 2 is 1.89 bits per heavy atom. The minimum Gasteiger partial charge on any atom is -0.258 e. The summed E-state index contributed by atoms with van der Waals surface area (Å²) >= 11 is 3.29. The van der Waals surface area contributed by atoms with E-state index < -0.39 is 14.8 Å². The average molecular weight is 350 g/mol. The highest BCUT2D eigenvalue weighted by molar-refractivity contribution is 9.09. The van der Waals surface area contributed by atoms with Crippen LogP contribution in [0.25, 0.3) is 0 Å². The predicted octanol–water partition coefficient (Wildman–Crippen LogP) is 3.04. The van der Waals surface area contributed by atoms with Crippen LogP contribution in [-0.4, -0.2) is 24.4 Å². The van der Waals surface area contributed by atoms with Crippen LogP contribution >= 0.6 is 15.9 Å². The summed E-state index contributed by atoms with van der Waals surface area (Å²) < 4.78 is 24.6. The lowest BCUT2D eigenvalue weighted by molar-refractivity contribution is -0.387. The van der Waals surface area contributed by atoms with E-state index in [1.807, 2.05) is 13.8 Å². The lowest BCUT2D eigenvalue weighted by Gasteiger charge is -2.17. The van der Waals surface area contributed by atoms with Gasteiger partial charge in [-0.1, -0.05) is 41.9 Å². The standard InChI is InChI=1S/C12H16BrNO4S/c1-9(2)10(7-13)8-19(17,18)12-6-4-3-5-11(12)14(15)16/h3-6,9-10H,7-8H2,1-2H3. The molecular formula is C12H16BrNO4S. The summed E-state index contributed by atoms with van der Waals surface area (Å²) in [6, 6.07) is 5.46. The molecule has 19 heavy (non-hydrogen) atoms. The Morgan fingerprint density at radius 1 is 1.32 bits per heavy atom. The van der Waals surface area contributed by atoms with Crippen LogP contribution in [0, 0.1) is 22.0 Å². The molecule has 1 aromatic rings. The lowest BCUT2D eigenvalue weighted by Crippen LogP contribution is -2.22. The second-order valence-corrected chi connectivity index (χ2v) is 7.31. The Bertz CT molecular complexity index is 557. The number of nitrogens with zero attached hydrogens (tertiary/aromatic N) is 1. The van der Waals surface area contributed by atoms with Gasteiger partial charge in [-0.2, -0.15) is 0 Å². The Morgan fingerprint density at radius 3 is 2.37 bits per heavy atom. The Balaban J connectivity index is 3.17. The van der Waals surface area contributed by atoms with Crippen LogP contribution in [0.3, 0.4) is 0 Å². The third kappa shape index (κ3) is 4.01. The molecule has 0 aliphatic carbocycles. The van der Waals surface area contributed by atoms with Gasteiger partial charge in [-0.15, -0.1) is 0 Å². The predicted molar refractivity (Wildman–Crippen MR) is 77.3 cm³/mol. The van der Waals surface area contributed by atoms with E-state index in [-0.39, 0.29) is 28.2 Å². The highest BCUT2D eigenvalue weighted by Crippen LogP contribution is 2.27. The van der Waals surface area contributed by atoms with Gasteiger partial charge in [0.15, 0.2) is 9.84 Å². The van der Waals surface area contributed by atoms with Crippen LogP contribution in [0.5, 0.6) is 0 Å². The van der Waals surface area contributed by atoms with E-state index in [0.29, 0.717) is 5.33 Å². The average Bonchev–Trinajstić information content (AvgIpc) is 2.35. The van der Waals surface area contributed by atoms with Crippen molar-refractivity contribution in [1.29, 1.82) is 0 Å². The third-order valence-electron chi connectivity index (χ3n) is 2.97. The topological polar surface area (TPSA) is 77.3 Å². The Kier molecular flexibility index (Phi) is 5.49. The van der Waals surface area contributed by atoms with Crippen LogP contribution < -0.4 is 0 Å². The number of halogens is 1. The second-order valence-electron chi connectivity index (χ2n) is 4.66. The van der Waals surface area contributed by atoms with E-state index >= 15 is 0 Å². The number of sulfone groups is 1. The summed E-state index contributed by atoms with van der Waals surface area (Å²) in [5.41, 5.74) is -0.362. The molecule has 106 valence electrons. The van der Waals surface area contributed by atoms with Crippen molar-refractivity contribution in [3.05, 3.63) is 34.4 Å². The third-order valence-corrected chi connectivity index (χ3v) is 5.69. The number of hydrogen-bond acceptors (Lipinski definition) is 4. The van der Waals surface area contributed by atoms with Crippen molar-refractivity contribution in [2.45, 2.75) is 18.7 Å². The van der Waals surface area contributed by atoms with Crippen molar-refractivity contribution >= 4 is 31.5 Å². The second kappa shape index (κ2) is 6.47. The summed E-state index contributed by atoms with van der Waals surface area (Å²) in [7, 11) is -3.66. The molecule has 1 unspecified atom stereocenters. The minimum atomic E-state index is -3.66. The highest BCUT2D eigenvalue weighted by Gasteiger charge is 2.28. The molecule has 0 spiro atoms. The van der Waals surface area contributed by atoms with Crippen LogP contribution in [0.15, 0.2) is 29.2 Å². The summed E-state index contributed by atoms with van der Waals surface area (Å²) in [6.45, 7) is 3.86. The van der Waals surface area contributed by atoms with Crippen molar-refractivity contribution in [3.63, 3.8) is 0 Å². The number of rotatable bonds is 6. The number of benzene rings is 1. The molecule has 5 nitrogen and oxygen atoms in total. The van der Waals surface area contributed by atoms with Gasteiger partial charge >= 0.3 is 0 Å². The van der Waals surface area contributed by atoms with E-state index in [9.17, 15) is 18.5 Å². The summed E-state index contributed by atoms with van der Waals surface area (Å²) in [4.78, 5) is 10.0. The largest absolute Gasteiger partial charge is 0.287 e. The van der Waals surface area contributed by atoms with Gasteiger partial charge in [0.25, 0.3) is 5.69 Å². The molecule has 0 aliphatic rings. The van der Waals surface area contributed by atoms with E-state index in [1.165, 1.54) is 24.3 Å². The molecule has 0 N–H and O–H groups in total. The minimum absolute atomic E-state index is 0.0789. The van der Waals surface area contributed by atoms with Crippen molar-refractivity contribution < 1.29 is 13.3 Å². The molecule has 0 saturated heterocycles. The zero-order valence-corrected chi connectivity index (χ0v) is 13.1. The lowest BCUT2D eigenvalue weighted by atomic mass is 10.0. The number of alkyl halides is 1. The molecule has 0 aliphatic heterocycles. The first-order chi connectivity index (χ1) is 8.79. The van der Waals surface area contributed by atoms with Gasteiger partial charge in [-0.3, -0.25) is 10.1 Å². The Hall–Kier alpha value is -0.950. The van der Waals surface area contributed by atoms with E-state index in [2.05, 4.69) is 15.9 Å². The van der Waals surface area contributed by atoms with E-state index in [4.69, 9.17) is 0 Å². The molecule has 1 aromatic carbocycles. The number of nitro benzene ring substituents is 1. The molecule has 0 amide bonds. The molecule has 1 rings (SSSR count). The molecular weight excluding hydrogens is 334 g/mol. The van der Waals surface area contributed by atoms with E-state index in [0.717, 1.165) is 0 Å². The molecule has 0 aromatic heterocycles. The normalized spacial score (nSPS) is 13.5. The van der Waals surface area contributed by atoms with Crippen molar-refractivity contribution in [3.8, 4) is 0 Å². The number of hydrogen-bond donors (Lipinski definition) is 0. The Labute approximate surface area is 121 Å². The summed E-state index contributed by atoms with van der Waals surface area (Å²) in [5, 5.41) is 11.4. The van der Waals surface area contributed by atoms with Gasteiger partial charge in [0.1, 0.15) is 4.90 Å². The van der Waals surface area contributed by atoms with Gasteiger partial charge in [0, 0.05) is 11.4 Å². The number of para-hydroxylation sites is 1. The van der Waals surface area contributed by atoms with Gasteiger partial charge in [-0.05, 0) is 17.9 Å². The van der Waals surface area contributed by atoms with Crippen molar-refractivity contribution in [2.24, 2.45) is 11.8 Å². The fraction of sp³-hybridized carbons (Fsp3) is 0.500. The van der Waals surface area contributed by atoms with E-state index in [1.54, 1.807) is 0 Å². The van der Waals surface area contributed by atoms with Crippen LogP contribution in [-0.2, 0) is 9.84 Å². The SMILES string of the molecule is CC(C)C(CBr)CS(=O)(=O)c1ccccc1[N+](=O)[O-]. The molecule has 0 fully saturated rings. The first kappa shape index (κ1) is 16.1. The maximum atomic E-state index is 12.3. The van der Waals surface area contributed by atoms with Crippen molar-refractivity contribution in [1.82, 2.24) is 0 Å². The summed E-state index contributed by atoms with van der Waals surface area (Å²) in [5.74, 6) is 0.00236. The maximum absolute atomic E-state index is 12.3. The van der Waals surface area contributed by atoms with Crippen LogP contribution in [0.4, 0.5) is 5.69 Å². The first-order valence-electron chi connectivity index (χ1n) is 5.81. The zero-order chi connectivity index (χ0) is 14.6. The first-order valence-corrected chi connectivity index (χ1v) is 8.59. The fourth-order valence-corrected chi connectivity index (χ4v) is 4.93. The molecule has 1 atom stereocenters. The van der Waals surface area contributed by atoms with Gasteiger partial charge in [0.05, 0.1) is 10.7 Å². The van der Waals surface area contributed by atoms with Gasteiger partial charge < -0.3 is 0 Å². The van der Waals surface area contributed by atoms with Crippen LogP contribution in [0.2, 0.25) is 0 Å². The highest BCUT2D eigenvalue weighted by atomic mass is 79.9. The van der Waals surface area contributed by atoms with Gasteiger partial charge in [0.2, 0.25) is 0 Å². The maximum Gasteiger partial charge on any atom is 0.287 e. The number of nitro groups is 1. The monoisotopic (exact) mass is 349 g/mol. The molecule has 0 bridgehead atoms. The molecule has 0 radical (unpaired) electrons. The smallest absolute Gasteiger partial charge is 0.258 e.